The van der Waals surface area contributed by atoms with E-state index in [0.717, 1.165) is 12.1 Å². The summed E-state index contributed by atoms with van der Waals surface area (Å²) in [6.45, 7) is 2.75. The molecule has 0 aliphatic rings. The first-order valence-electron chi connectivity index (χ1n) is 11.7. The predicted molar refractivity (Wildman–Crippen MR) is 137 cm³/mol. The highest BCUT2D eigenvalue weighted by molar-refractivity contribution is 6.05. The Morgan fingerprint density at radius 2 is 1.80 bits per heavy atom. The number of carbonyl (C=O) groups excluding carboxylic acids is 3. The van der Waals surface area contributed by atoms with Gasteiger partial charge in [-0.1, -0.05) is 6.07 Å². The summed E-state index contributed by atoms with van der Waals surface area (Å²) in [4.78, 5) is 45.2. The predicted octanol–water partition coefficient (Wildman–Crippen LogP) is 5.49. The van der Waals surface area contributed by atoms with Crippen LogP contribution >= 0.6 is 0 Å². The summed E-state index contributed by atoms with van der Waals surface area (Å²) in [5.74, 6) is -1.89. The van der Waals surface area contributed by atoms with E-state index >= 15 is 0 Å². The molecule has 0 bridgehead atoms. The quantitative estimate of drug-likeness (QED) is 0.314. The van der Waals surface area contributed by atoms with Crippen molar-refractivity contribution >= 4 is 40.2 Å². The average molecular weight is 553 g/mol. The number of nitrogens with zero attached hydrogens (tertiary/aromatic N) is 2. The van der Waals surface area contributed by atoms with Crippen molar-refractivity contribution in [1.29, 1.82) is 0 Å². The van der Waals surface area contributed by atoms with E-state index in [1.807, 2.05) is 0 Å². The minimum atomic E-state index is -4.61. The fraction of sp³-hybridized carbons (Fsp3) is 0.179. The zero-order chi connectivity index (χ0) is 29.0. The van der Waals surface area contributed by atoms with E-state index < -0.39 is 29.6 Å². The van der Waals surface area contributed by atoms with Gasteiger partial charge in [0.05, 0.1) is 29.6 Å². The molecule has 2 aromatic carbocycles. The summed E-state index contributed by atoms with van der Waals surface area (Å²) < 4.78 is 55.4. The van der Waals surface area contributed by atoms with Crippen LogP contribution in [-0.4, -0.2) is 29.9 Å². The van der Waals surface area contributed by atoms with Crippen molar-refractivity contribution in [3.05, 3.63) is 94.3 Å². The summed E-state index contributed by atoms with van der Waals surface area (Å²) >= 11 is 0. The molecule has 0 unspecified atom stereocenters. The maximum atomic E-state index is 13.4. The maximum absolute atomic E-state index is 13.4. The largest absolute Gasteiger partial charge is 0.465 e. The fourth-order valence-electron chi connectivity index (χ4n) is 3.71. The molecule has 0 aliphatic carbocycles. The molecule has 2 heterocycles. The monoisotopic (exact) mass is 553 g/mol. The van der Waals surface area contributed by atoms with Gasteiger partial charge in [-0.2, -0.15) is 13.2 Å². The van der Waals surface area contributed by atoms with Gasteiger partial charge in [0.2, 0.25) is 5.55 Å². The lowest BCUT2D eigenvalue weighted by atomic mass is 10.1. The van der Waals surface area contributed by atoms with Crippen LogP contribution in [0.15, 0.2) is 70.2 Å². The third kappa shape index (κ3) is 6.34. The van der Waals surface area contributed by atoms with Crippen LogP contribution in [-0.2, 0) is 27.1 Å². The molecule has 1 N–H and O–H groups in total. The van der Waals surface area contributed by atoms with Crippen molar-refractivity contribution in [1.82, 2.24) is 4.98 Å². The molecule has 40 heavy (non-hydrogen) atoms. The highest BCUT2D eigenvalue weighted by Crippen LogP contribution is 2.31. The molecule has 2 aromatic heterocycles. The van der Waals surface area contributed by atoms with Gasteiger partial charge in [0.25, 0.3) is 5.91 Å². The number of pyridine rings is 1. The molecule has 206 valence electrons. The molecule has 0 aliphatic heterocycles. The fourth-order valence-corrected chi connectivity index (χ4v) is 3.71. The first kappa shape index (κ1) is 28.0. The number of amides is 1. The Morgan fingerprint density at radius 1 is 1.07 bits per heavy atom. The van der Waals surface area contributed by atoms with Crippen LogP contribution in [0.25, 0.3) is 11.0 Å². The highest BCUT2D eigenvalue weighted by Gasteiger charge is 2.30. The summed E-state index contributed by atoms with van der Waals surface area (Å²) in [6.07, 6.45) is -3.14. The number of halogens is 3. The number of fused-ring (bicyclic) bond motifs is 1. The van der Waals surface area contributed by atoms with Gasteiger partial charge < -0.3 is 19.2 Å². The third-order valence-electron chi connectivity index (χ3n) is 5.69. The number of alkyl halides is 3. The molecule has 0 saturated heterocycles. The number of anilines is 1. The lowest BCUT2D eigenvalue weighted by Gasteiger charge is -2.12. The smallest absolute Gasteiger partial charge is 0.416 e. The summed E-state index contributed by atoms with van der Waals surface area (Å²) in [6, 6.07) is 11.6. The first-order valence-corrected chi connectivity index (χ1v) is 11.7. The van der Waals surface area contributed by atoms with Gasteiger partial charge in [0.1, 0.15) is 12.2 Å². The maximum Gasteiger partial charge on any atom is 0.416 e. The second kappa shape index (κ2) is 11.4. The number of esters is 2. The van der Waals surface area contributed by atoms with E-state index in [2.05, 4.69) is 20.0 Å². The van der Waals surface area contributed by atoms with Crippen molar-refractivity contribution in [2.75, 3.05) is 12.4 Å². The number of aromatic nitrogens is 1. The number of aryl methyl sites for hydroxylation is 1. The molecule has 9 nitrogen and oxygen atoms in total. The Bertz CT molecular complexity index is 1680. The number of benzene rings is 2. The zero-order valence-electron chi connectivity index (χ0n) is 21.5. The lowest BCUT2D eigenvalue weighted by Crippen LogP contribution is -2.22. The number of ether oxygens (including phenoxy) is 2. The van der Waals surface area contributed by atoms with Crippen LogP contribution in [0.2, 0.25) is 0 Å². The van der Waals surface area contributed by atoms with Crippen molar-refractivity contribution in [3.63, 3.8) is 0 Å². The van der Waals surface area contributed by atoms with Crippen molar-refractivity contribution < 1.29 is 41.4 Å². The Balaban J connectivity index is 1.86. The van der Waals surface area contributed by atoms with Crippen molar-refractivity contribution in [2.45, 2.75) is 26.6 Å². The standard InChI is InChI=1S/C28H22F3N3O6/c1-15-24-22(18(13-32-15)14-39-16(2)35)12-23(25(36)33-21-6-4-5-19(11-21)28(29,30)31)26(40-24)34-20-9-7-17(8-10-20)27(37)38-3/h4-13H,14H2,1-3H3,(H,33,36). The highest BCUT2D eigenvalue weighted by atomic mass is 19.4. The molecule has 1 amide bonds. The number of hydrogen-bond acceptors (Lipinski definition) is 8. The van der Waals surface area contributed by atoms with Crippen LogP contribution < -0.4 is 10.9 Å². The SMILES string of the molecule is COC(=O)c1ccc(N=c2oc3c(C)ncc(COC(C)=O)c3cc2C(=O)Nc2cccc(C(F)(F)F)c2)cc1. The number of methoxy groups -OCH3 is 1. The van der Waals surface area contributed by atoms with E-state index in [0.29, 0.717) is 22.3 Å². The van der Waals surface area contributed by atoms with E-state index in [-0.39, 0.29) is 34.6 Å². The van der Waals surface area contributed by atoms with Gasteiger partial charge in [-0.05, 0) is 55.5 Å². The van der Waals surface area contributed by atoms with Gasteiger partial charge in [0, 0.05) is 29.8 Å². The molecule has 4 aromatic rings. The second-order valence-corrected chi connectivity index (χ2v) is 8.54. The number of hydrogen-bond donors (Lipinski definition) is 1. The van der Waals surface area contributed by atoms with Crippen LogP contribution in [0, 0.1) is 6.92 Å². The molecule has 0 atom stereocenters. The molecule has 12 heteroatoms. The number of rotatable bonds is 6. The molecule has 0 fully saturated rings. The normalized spacial score (nSPS) is 11.8. The van der Waals surface area contributed by atoms with Crippen molar-refractivity contribution in [3.8, 4) is 0 Å². The topological polar surface area (TPSA) is 120 Å². The zero-order valence-corrected chi connectivity index (χ0v) is 21.5. The summed E-state index contributed by atoms with van der Waals surface area (Å²) in [7, 11) is 1.25. The van der Waals surface area contributed by atoms with Crippen LogP contribution in [0.4, 0.5) is 24.5 Å². The van der Waals surface area contributed by atoms with E-state index in [1.165, 1.54) is 62.7 Å². The van der Waals surface area contributed by atoms with Crippen LogP contribution in [0.3, 0.4) is 0 Å². The van der Waals surface area contributed by atoms with Gasteiger partial charge in [0.15, 0.2) is 5.58 Å². The first-order chi connectivity index (χ1) is 19.0. The minimum absolute atomic E-state index is 0.0978. The van der Waals surface area contributed by atoms with Crippen LogP contribution in [0.5, 0.6) is 0 Å². The van der Waals surface area contributed by atoms with E-state index in [4.69, 9.17) is 9.15 Å². The van der Waals surface area contributed by atoms with Gasteiger partial charge in [-0.3, -0.25) is 14.6 Å². The molecule has 0 radical (unpaired) electrons. The summed E-state index contributed by atoms with van der Waals surface area (Å²) in [5, 5.41) is 2.85. The molecular weight excluding hydrogens is 531 g/mol. The van der Waals surface area contributed by atoms with Gasteiger partial charge in [-0.25, -0.2) is 9.79 Å². The van der Waals surface area contributed by atoms with E-state index in [1.54, 1.807) is 6.92 Å². The lowest BCUT2D eigenvalue weighted by molar-refractivity contribution is -0.142. The summed E-state index contributed by atoms with van der Waals surface area (Å²) in [5.41, 5.74) is 0.402. The number of carbonyl (C=O) groups is 3. The molecule has 4 rings (SSSR count). The Labute approximate surface area is 225 Å². The molecular formula is C28H22F3N3O6. The molecule has 0 saturated carbocycles. The van der Waals surface area contributed by atoms with Gasteiger partial charge in [-0.15, -0.1) is 0 Å². The van der Waals surface area contributed by atoms with E-state index in [9.17, 15) is 27.6 Å². The number of nitrogens with one attached hydrogen (secondary N) is 1. The Morgan fingerprint density at radius 3 is 2.45 bits per heavy atom. The Kier molecular flexibility index (Phi) is 7.98. The molecule has 0 spiro atoms. The van der Waals surface area contributed by atoms with Crippen LogP contribution in [0.1, 0.15) is 44.5 Å². The minimum Gasteiger partial charge on any atom is -0.465 e. The van der Waals surface area contributed by atoms with Gasteiger partial charge >= 0.3 is 18.1 Å². The Hall–Kier alpha value is -5.00. The average Bonchev–Trinajstić information content (AvgIpc) is 2.92. The second-order valence-electron chi connectivity index (χ2n) is 8.54. The third-order valence-corrected chi connectivity index (χ3v) is 5.69. The van der Waals surface area contributed by atoms with Crippen molar-refractivity contribution in [2.24, 2.45) is 4.99 Å².